The fourth-order valence-electron chi connectivity index (χ4n) is 4.49. The molecule has 3 aromatic rings. The number of aryl methyl sites for hydroxylation is 1. The predicted molar refractivity (Wildman–Crippen MR) is 107 cm³/mol. The number of ether oxygens (including phenoxy) is 2. The van der Waals surface area contributed by atoms with E-state index < -0.39 is 5.41 Å². The molecule has 5 rings (SSSR count). The van der Waals surface area contributed by atoms with Crippen molar-refractivity contribution < 1.29 is 14.4 Å². The lowest BCUT2D eigenvalue weighted by Crippen LogP contribution is -2.47. The van der Waals surface area contributed by atoms with Crippen LogP contribution in [0, 0.1) is 23.0 Å². The van der Waals surface area contributed by atoms with Gasteiger partial charge in [0.2, 0.25) is 5.88 Å². The summed E-state index contributed by atoms with van der Waals surface area (Å²) in [6, 6.07) is 12.2. The van der Waals surface area contributed by atoms with E-state index in [1.54, 1.807) is 22.9 Å². The van der Waals surface area contributed by atoms with Crippen LogP contribution in [-0.2, 0) is 5.41 Å². The number of non-ortho nitro benzene ring substituents is 1. The molecule has 0 aliphatic carbocycles. The largest absolute Gasteiger partial charge is 0.493 e. The lowest BCUT2D eigenvalue weighted by Gasteiger charge is -2.45. The Morgan fingerprint density at radius 2 is 2.03 bits per heavy atom. The second-order valence-corrected chi connectivity index (χ2v) is 8.05. The van der Waals surface area contributed by atoms with Gasteiger partial charge >= 0.3 is 0 Å². The highest BCUT2D eigenvalue weighted by atomic mass is 35.5. The van der Waals surface area contributed by atoms with Crippen molar-refractivity contribution in [2.45, 2.75) is 19.3 Å². The number of hydrogen-bond acceptors (Lipinski definition) is 5. The number of halogens is 1. The van der Waals surface area contributed by atoms with Crippen molar-refractivity contribution in [3.63, 3.8) is 0 Å². The van der Waals surface area contributed by atoms with Crippen molar-refractivity contribution in [1.29, 1.82) is 0 Å². The third kappa shape index (κ3) is 2.54. The minimum Gasteiger partial charge on any atom is -0.493 e. The van der Waals surface area contributed by atoms with Gasteiger partial charge < -0.3 is 9.47 Å². The van der Waals surface area contributed by atoms with Crippen LogP contribution in [0.3, 0.4) is 0 Å². The zero-order chi connectivity index (χ0) is 20.3. The maximum Gasteiger partial charge on any atom is 0.270 e. The number of rotatable bonds is 2. The average Bonchev–Trinajstić information content (AvgIpc) is 3.05. The Bertz CT molecular complexity index is 1160. The molecule has 0 saturated carbocycles. The maximum atomic E-state index is 11.4. The molecule has 2 atom stereocenters. The van der Waals surface area contributed by atoms with E-state index >= 15 is 0 Å². The molecule has 1 aromatic heterocycles. The van der Waals surface area contributed by atoms with Crippen LogP contribution in [0.4, 0.5) is 5.69 Å². The van der Waals surface area contributed by atoms with Gasteiger partial charge in [0.1, 0.15) is 5.75 Å². The lowest BCUT2D eigenvalue weighted by molar-refractivity contribution is -0.385. The molecule has 0 unspecified atom stereocenters. The number of nitro groups is 1. The molecule has 29 heavy (non-hydrogen) atoms. The monoisotopic (exact) mass is 411 g/mol. The SMILES string of the molecule is Cc1nn(-c2cccc(Cl)c2)c2c1[C@]1(C)c3cc([N+](=O)[O-])ccc3OC[C@@H]1CO2. The number of nitro benzene ring substituents is 1. The Morgan fingerprint density at radius 1 is 1.24 bits per heavy atom. The molecule has 0 bridgehead atoms. The van der Waals surface area contributed by atoms with E-state index in [9.17, 15) is 10.1 Å². The minimum atomic E-state index is -0.520. The van der Waals surface area contributed by atoms with E-state index in [1.807, 2.05) is 25.1 Å². The van der Waals surface area contributed by atoms with Crippen molar-refractivity contribution in [2.75, 3.05) is 13.2 Å². The van der Waals surface area contributed by atoms with Crippen LogP contribution in [0.15, 0.2) is 42.5 Å². The summed E-state index contributed by atoms with van der Waals surface area (Å²) in [6.45, 7) is 4.93. The van der Waals surface area contributed by atoms with E-state index in [1.165, 1.54) is 6.07 Å². The minimum absolute atomic E-state index is 0.0141. The summed E-state index contributed by atoms with van der Waals surface area (Å²) in [4.78, 5) is 11.0. The molecule has 0 fully saturated rings. The zero-order valence-electron chi connectivity index (χ0n) is 15.9. The summed E-state index contributed by atoms with van der Waals surface area (Å²) >= 11 is 6.17. The maximum absolute atomic E-state index is 11.4. The van der Waals surface area contributed by atoms with Gasteiger partial charge in [0, 0.05) is 39.6 Å². The molecule has 0 spiro atoms. The smallest absolute Gasteiger partial charge is 0.270 e. The molecule has 3 heterocycles. The van der Waals surface area contributed by atoms with Crippen LogP contribution in [0.2, 0.25) is 5.02 Å². The lowest BCUT2D eigenvalue weighted by atomic mass is 9.65. The molecule has 0 radical (unpaired) electrons. The first-order valence-electron chi connectivity index (χ1n) is 9.30. The van der Waals surface area contributed by atoms with Crippen molar-refractivity contribution >= 4 is 17.3 Å². The van der Waals surface area contributed by atoms with Gasteiger partial charge in [-0.2, -0.15) is 5.10 Å². The van der Waals surface area contributed by atoms with Crippen molar-refractivity contribution in [3.8, 4) is 17.3 Å². The normalized spacial score (nSPS) is 22.0. The van der Waals surface area contributed by atoms with Gasteiger partial charge in [0.25, 0.3) is 5.69 Å². The number of aromatic nitrogens is 2. The Morgan fingerprint density at radius 3 is 2.79 bits per heavy atom. The highest BCUT2D eigenvalue weighted by Gasteiger charge is 2.51. The molecule has 2 aromatic carbocycles. The first-order chi connectivity index (χ1) is 13.9. The quantitative estimate of drug-likeness (QED) is 0.459. The number of hydrogen-bond donors (Lipinski definition) is 0. The van der Waals surface area contributed by atoms with Gasteiger partial charge in [0.15, 0.2) is 0 Å². The highest BCUT2D eigenvalue weighted by Crippen LogP contribution is 2.53. The molecular formula is C21H18ClN3O4. The third-order valence-electron chi connectivity index (χ3n) is 6.00. The van der Waals surface area contributed by atoms with E-state index in [4.69, 9.17) is 26.2 Å². The van der Waals surface area contributed by atoms with Crippen molar-refractivity contribution in [3.05, 3.63) is 74.4 Å². The van der Waals surface area contributed by atoms with Crippen LogP contribution in [0.5, 0.6) is 11.6 Å². The van der Waals surface area contributed by atoms with E-state index in [-0.39, 0.29) is 16.5 Å². The van der Waals surface area contributed by atoms with Gasteiger partial charge in [-0.3, -0.25) is 10.1 Å². The second kappa shape index (κ2) is 6.22. The summed E-state index contributed by atoms with van der Waals surface area (Å²) in [7, 11) is 0. The number of fused-ring (bicyclic) bond motifs is 5. The average molecular weight is 412 g/mol. The van der Waals surface area contributed by atoms with Gasteiger partial charge in [-0.05, 0) is 31.2 Å². The molecule has 7 nitrogen and oxygen atoms in total. The van der Waals surface area contributed by atoms with E-state index in [0.717, 1.165) is 22.5 Å². The molecular weight excluding hydrogens is 394 g/mol. The Kier molecular flexibility index (Phi) is 3.86. The fourth-order valence-corrected chi connectivity index (χ4v) is 4.68. The molecule has 2 aliphatic rings. The van der Waals surface area contributed by atoms with E-state index in [0.29, 0.717) is 29.9 Å². The van der Waals surface area contributed by atoms with Gasteiger partial charge in [-0.25, -0.2) is 4.68 Å². The van der Waals surface area contributed by atoms with Crippen LogP contribution < -0.4 is 9.47 Å². The standard InChI is InChI=1S/C21H18ClN3O4/c1-12-19-20(24(23-12)15-5-3-4-14(22)8-15)29-11-13-10-28-18-7-6-16(25(26)27)9-17(18)21(13,19)2/h3-9,13H,10-11H2,1-2H3/t13-,21+/m1/s1. The second-order valence-electron chi connectivity index (χ2n) is 7.62. The van der Waals surface area contributed by atoms with Crippen LogP contribution in [0.1, 0.15) is 23.7 Å². The highest BCUT2D eigenvalue weighted by molar-refractivity contribution is 6.30. The summed E-state index contributed by atoms with van der Waals surface area (Å²) in [6.07, 6.45) is 0. The molecule has 0 N–H and O–H groups in total. The van der Waals surface area contributed by atoms with Crippen LogP contribution >= 0.6 is 11.6 Å². The van der Waals surface area contributed by atoms with Gasteiger partial charge in [-0.15, -0.1) is 0 Å². The molecule has 2 aliphatic heterocycles. The van der Waals surface area contributed by atoms with Crippen LogP contribution in [-0.4, -0.2) is 27.9 Å². The van der Waals surface area contributed by atoms with Gasteiger partial charge in [0.05, 0.1) is 29.5 Å². The van der Waals surface area contributed by atoms with E-state index in [2.05, 4.69) is 6.92 Å². The first kappa shape index (κ1) is 18.0. The summed E-state index contributed by atoms with van der Waals surface area (Å²) in [5.74, 6) is 1.32. The molecule has 8 heteroatoms. The summed E-state index contributed by atoms with van der Waals surface area (Å²) in [5.41, 5.74) is 2.86. The predicted octanol–water partition coefficient (Wildman–Crippen LogP) is 4.45. The Balaban J connectivity index is 1.75. The number of nitrogens with zero attached hydrogens (tertiary/aromatic N) is 3. The molecule has 0 saturated heterocycles. The topological polar surface area (TPSA) is 79.4 Å². The van der Waals surface area contributed by atoms with Crippen LogP contribution in [0.25, 0.3) is 5.69 Å². The summed E-state index contributed by atoms with van der Waals surface area (Å²) in [5, 5.41) is 16.7. The molecule has 148 valence electrons. The molecule has 0 amide bonds. The first-order valence-corrected chi connectivity index (χ1v) is 9.68. The van der Waals surface area contributed by atoms with Gasteiger partial charge in [-0.1, -0.05) is 24.6 Å². The summed E-state index contributed by atoms with van der Waals surface area (Å²) < 4.78 is 13.8. The fraction of sp³-hybridized carbons (Fsp3) is 0.286. The zero-order valence-corrected chi connectivity index (χ0v) is 16.6. The van der Waals surface area contributed by atoms with Crippen molar-refractivity contribution in [2.24, 2.45) is 5.92 Å². The van der Waals surface area contributed by atoms with Crippen molar-refractivity contribution in [1.82, 2.24) is 9.78 Å². The third-order valence-corrected chi connectivity index (χ3v) is 6.24. The number of benzene rings is 2. The Hall–Kier alpha value is -3.06. The Labute approximate surface area is 172 Å².